The van der Waals surface area contributed by atoms with E-state index >= 15 is 0 Å². The van der Waals surface area contributed by atoms with Crippen molar-refractivity contribution in [2.75, 3.05) is 31.1 Å². The Bertz CT molecular complexity index is 770. The van der Waals surface area contributed by atoms with Crippen LogP contribution in [0.3, 0.4) is 0 Å². The van der Waals surface area contributed by atoms with Crippen molar-refractivity contribution in [2.24, 2.45) is 23.7 Å². The first kappa shape index (κ1) is 17.4. The number of anilines is 1. The van der Waals surface area contributed by atoms with Gasteiger partial charge in [-0.3, -0.25) is 9.59 Å². The molecule has 0 spiro atoms. The molecule has 0 unspecified atom stereocenters. The molecule has 6 heteroatoms. The van der Waals surface area contributed by atoms with Crippen molar-refractivity contribution in [3.05, 3.63) is 40.9 Å². The maximum absolute atomic E-state index is 13.1. The van der Waals surface area contributed by atoms with Crippen molar-refractivity contribution in [1.82, 2.24) is 4.90 Å². The van der Waals surface area contributed by atoms with Gasteiger partial charge in [0.15, 0.2) is 0 Å². The monoisotopic (exact) mass is 374 g/mol. The van der Waals surface area contributed by atoms with Gasteiger partial charge in [-0.05, 0) is 42.9 Å². The van der Waals surface area contributed by atoms with E-state index < -0.39 is 17.8 Å². The van der Waals surface area contributed by atoms with Crippen LogP contribution >= 0.6 is 11.6 Å². The molecule has 1 aromatic carbocycles. The molecule has 2 fully saturated rings. The topological polar surface area (TPSA) is 60.9 Å². The molecule has 0 radical (unpaired) electrons. The Balaban J connectivity index is 1.45. The van der Waals surface area contributed by atoms with Crippen LogP contribution in [0.5, 0.6) is 0 Å². The highest BCUT2D eigenvalue weighted by Crippen LogP contribution is 2.48. The summed E-state index contributed by atoms with van der Waals surface area (Å²) in [5.41, 5.74) is 2.27. The second-order valence-electron chi connectivity index (χ2n) is 7.58. The largest absolute Gasteiger partial charge is 0.481 e. The summed E-state index contributed by atoms with van der Waals surface area (Å²) in [4.78, 5) is 28.8. The number of carboxylic acid groups (broad SMARTS) is 1. The number of fused-ring (bicyclic) bond motifs is 2. The highest BCUT2D eigenvalue weighted by atomic mass is 35.5. The summed E-state index contributed by atoms with van der Waals surface area (Å²) >= 11 is 6.13. The number of nitrogens with zero attached hydrogens (tertiary/aromatic N) is 2. The minimum atomic E-state index is -0.839. The van der Waals surface area contributed by atoms with Crippen LogP contribution in [0.25, 0.3) is 0 Å². The number of carbonyl (C=O) groups excluding carboxylic acids is 1. The number of piperazine rings is 1. The number of carboxylic acids is 1. The van der Waals surface area contributed by atoms with Crippen LogP contribution < -0.4 is 4.90 Å². The van der Waals surface area contributed by atoms with Gasteiger partial charge < -0.3 is 14.9 Å². The van der Waals surface area contributed by atoms with Crippen LogP contribution in [0.15, 0.2) is 30.4 Å². The zero-order valence-electron chi connectivity index (χ0n) is 14.8. The Morgan fingerprint density at radius 1 is 1.08 bits per heavy atom. The maximum atomic E-state index is 13.1. The molecule has 1 saturated heterocycles. The molecule has 4 rings (SSSR count). The fourth-order valence-electron chi connectivity index (χ4n) is 4.80. The Hall–Kier alpha value is -2.01. The molecule has 2 bridgehead atoms. The first-order valence-corrected chi connectivity index (χ1v) is 9.54. The third-order valence-electron chi connectivity index (χ3n) is 6.13. The van der Waals surface area contributed by atoms with Crippen LogP contribution in [0.1, 0.15) is 12.0 Å². The number of hydrogen-bond acceptors (Lipinski definition) is 3. The summed E-state index contributed by atoms with van der Waals surface area (Å²) in [5, 5.41) is 10.3. The van der Waals surface area contributed by atoms with E-state index in [4.69, 9.17) is 11.6 Å². The minimum absolute atomic E-state index is 0.0108. The quantitative estimate of drug-likeness (QED) is 0.826. The van der Waals surface area contributed by atoms with Crippen molar-refractivity contribution in [3.8, 4) is 0 Å². The predicted octanol–water partition coefficient (Wildman–Crippen LogP) is 2.82. The van der Waals surface area contributed by atoms with Crippen LogP contribution in [0.4, 0.5) is 5.69 Å². The van der Waals surface area contributed by atoms with E-state index in [1.165, 1.54) is 5.56 Å². The van der Waals surface area contributed by atoms with E-state index in [-0.39, 0.29) is 17.7 Å². The van der Waals surface area contributed by atoms with Gasteiger partial charge in [0, 0.05) is 36.9 Å². The van der Waals surface area contributed by atoms with Crippen LogP contribution in [0, 0.1) is 30.6 Å². The summed E-state index contributed by atoms with van der Waals surface area (Å²) in [6, 6.07) is 5.86. The number of benzene rings is 1. The van der Waals surface area contributed by atoms with Gasteiger partial charge in [0.25, 0.3) is 0 Å². The first-order valence-electron chi connectivity index (χ1n) is 9.16. The molecule has 1 N–H and O–H groups in total. The van der Waals surface area contributed by atoms with Crippen LogP contribution in [-0.4, -0.2) is 48.1 Å². The average Bonchev–Trinajstić information content (AvgIpc) is 3.24. The van der Waals surface area contributed by atoms with Crippen molar-refractivity contribution in [3.63, 3.8) is 0 Å². The lowest BCUT2D eigenvalue weighted by atomic mass is 9.82. The lowest BCUT2D eigenvalue weighted by Crippen LogP contribution is -2.52. The van der Waals surface area contributed by atoms with E-state index in [2.05, 4.69) is 11.8 Å². The molecule has 3 aliphatic rings. The summed E-state index contributed by atoms with van der Waals surface area (Å²) < 4.78 is 0. The van der Waals surface area contributed by atoms with Crippen LogP contribution in [0.2, 0.25) is 5.02 Å². The van der Waals surface area contributed by atoms with Gasteiger partial charge in [0.1, 0.15) is 0 Å². The number of halogens is 1. The SMILES string of the molecule is Cc1ccc(Cl)cc1N1CCN(C(=O)[C@@H]2[C@@H](C(=O)O)[C@H]3C=C[C@@H]2C3)CC1. The van der Waals surface area contributed by atoms with E-state index in [9.17, 15) is 14.7 Å². The Labute approximate surface area is 158 Å². The van der Waals surface area contributed by atoms with Crippen LogP contribution in [-0.2, 0) is 9.59 Å². The molecule has 1 aromatic rings. The summed E-state index contributed by atoms with van der Waals surface area (Å²) in [5.74, 6) is -1.69. The third kappa shape index (κ3) is 2.88. The molecule has 138 valence electrons. The highest BCUT2D eigenvalue weighted by molar-refractivity contribution is 6.30. The number of hydrogen-bond donors (Lipinski definition) is 1. The van der Waals surface area contributed by atoms with E-state index in [1.54, 1.807) is 0 Å². The molecule has 1 heterocycles. The molecule has 1 aliphatic heterocycles. The van der Waals surface area contributed by atoms with Crippen molar-refractivity contribution in [2.45, 2.75) is 13.3 Å². The number of allylic oxidation sites excluding steroid dienone is 2. The fraction of sp³-hybridized carbons (Fsp3) is 0.500. The molecule has 2 aliphatic carbocycles. The van der Waals surface area contributed by atoms with Gasteiger partial charge in [-0.1, -0.05) is 29.8 Å². The van der Waals surface area contributed by atoms with Crippen molar-refractivity contribution >= 4 is 29.2 Å². The van der Waals surface area contributed by atoms with Crippen molar-refractivity contribution < 1.29 is 14.7 Å². The highest BCUT2D eigenvalue weighted by Gasteiger charge is 2.52. The summed E-state index contributed by atoms with van der Waals surface area (Å²) in [6.07, 6.45) is 4.82. The molecule has 1 saturated carbocycles. The Morgan fingerprint density at radius 2 is 1.73 bits per heavy atom. The van der Waals surface area contributed by atoms with Gasteiger partial charge >= 0.3 is 5.97 Å². The number of aryl methyl sites for hydroxylation is 1. The molecule has 5 nitrogen and oxygen atoms in total. The summed E-state index contributed by atoms with van der Waals surface area (Å²) in [6.45, 7) is 4.77. The molecule has 26 heavy (non-hydrogen) atoms. The molecule has 0 aromatic heterocycles. The maximum Gasteiger partial charge on any atom is 0.307 e. The number of carbonyl (C=O) groups is 2. The average molecular weight is 375 g/mol. The molecule has 1 amide bonds. The van der Waals surface area contributed by atoms with Gasteiger partial charge in [0.2, 0.25) is 5.91 Å². The first-order chi connectivity index (χ1) is 12.5. The lowest BCUT2D eigenvalue weighted by Gasteiger charge is -2.39. The standard InChI is InChI=1S/C20H23ClN2O3/c1-12-2-5-15(21)11-16(12)22-6-8-23(9-7-22)19(24)17-13-3-4-14(10-13)18(17)20(25)26/h2-5,11,13-14,17-18H,6-10H2,1H3,(H,25,26)/t13-,14+,17+,18+/m1/s1. The van der Waals surface area contributed by atoms with Gasteiger partial charge in [-0.25, -0.2) is 0 Å². The molecule has 4 atom stereocenters. The zero-order valence-corrected chi connectivity index (χ0v) is 15.5. The number of rotatable bonds is 3. The minimum Gasteiger partial charge on any atom is -0.481 e. The predicted molar refractivity (Wildman–Crippen MR) is 100 cm³/mol. The lowest BCUT2D eigenvalue weighted by molar-refractivity contribution is -0.151. The second kappa shape index (κ2) is 6.62. The normalized spacial score (nSPS) is 30.1. The number of aliphatic carboxylic acids is 1. The van der Waals surface area contributed by atoms with Gasteiger partial charge in [-0.15, -0.1) is 0 Å². The molecular formula is C20H23ClN2O3. The Morgan fingerprint density at radius 3 is 2.38 bits per heavy atom. The Kier molecular flexibility index (Phi) is 4.43. The second-order valence-corrected chi connectivity index (χ2v) is 8.02. The van der Waals surface area contributed by atoms with Gasteiger partial charge in [-0.2, -0.15) is 0 Å². The van der Waals surface area contributed by atoms with Crippen molar-refractivity contribution in [1.29, 1.82) is 0 Å². The van der Waals surface area contributed by atoms with E-state index in [1.807, 2.05) is 35.3 Å². The van der Waals surface area contributed by atoms with E-state index in [0.29, 0.717) is 18.1 Å². The zero-order chi connectivity index (χ0) is 18.4. The van der Waals surface area contributed by atoms with Gasteiger partial charge in [0.05, 0.1) is 11.8 Å². The molecular weight excluding hydrogens is 352 g/mol. The summed E-state index contributed by atoms with van der Waals surface area (Å²) in [7, 11) is 0. The fourth-order valence-corrected chi connectivity index (χ4v) is 4.96. The van der Waals surface area contributed by atoms with E-state index in [0.717, 1.165) is 25.2 Å². The number of amides is 1. The smallest absolute Gasteiger partial charge is 0.307 e. The third-order valence-corrected chi connectivity index (χ3v) is 6.37.